The fraction of sp³-hybridized carbons (Fsp3) is 0.100. The van der Waals surface area contributed by atoms with Gasteiger partial charge in [0.15, 0.2) is 5.16 Å². The molecule has 0 unspecified atom stereocenters. The number of nitrogens with zero attached hydrogens (tertiary/aromatic N) is 2. The number of anilines is 1. The highest BCUT2D eigenvalue weighted by molar-refractivity contribution is 7.99. The molecule has 0 saturated carbocycles. The molecule has 4 N–H and O–H groups in total. The average molecular weight is 249 g/mol. The summed E-state index contributed by atoms with van der Waals surface area (Å²) < 4.78 is 0. The number of aromatic nitrogens is 3. The number of rotatable bonds is 3. The van der Waals surface area contributed by atoms with Crippen molar-refractivity contribution < 1.29 is 4.79 Å². The Labute approximate surface area is 102 Å². The lowest BCUT2D eigenvalue weighted by Gasteiger charge is -2.05. The van der Waals surface area contributed by atoms with Gasteiger partial charge < -0.3 is 11.1 Å². The van der Waals surface area contributed by atoms with Crippen LogP contribution in [0.25, 0.3) is 0 Å². The number of carbonyl (C=O) groups is 1. The molecule has 0 spiro atoms. The zero-order valence-electron chi connectivity index (χ0n) is 9.10. The number of aromatic amines is 1. The number of nitrogens with two attached hydrogens (primary N) is 1. The highest BCUT2D eigenvalue weighted by Crippen LogP contribution is 2.29. The molecule has 1 amide bonds. The van der Waals surface area contributed by atoms with Crippen LogP contribution in [0, 0.1) is 0 Å². The molecular formula is C10H11N5OS. The van der Waals surface area contributed by atoms with Crippen molar-refractivity contribution >= 4 is 23.4 Å². The van der Waals surface area contributed by atoms with Crippen molar-refractivity contribution in [3.8, 4) is 0 Å². The van der Waals surface area contributed by atoms with Crippen molar-refractivity contribution in [3.05, 3.63) is 30.1 Å². The van der Waals surface area contributed by atoms with E-state index in [1.807, 2.05) is 0 Å². The second kappa shape index (κ2) is 4.88. The lowest BCUT2D eigenvalue weighted by molar-refractivity contribution is 0.0963. The molecular weight excluding hydrogens is 238 g/mol. The molecule has 1 aromatic carbocycles. The van der Waals surface area contributed by atoms with E-state index in [0.717, 1.165) is 4.90 Å². The van der Waals surface area contributed by atoms with Gasteiger partial charge in [0, 0.05) is 23.2 Å². The number of nitrogens with one attached hydrogen (secondary N) is 2. The number of benzene rings is 1. The number of hydrogen-bond donors (Lipinski definition) is 3. The van der Waals surface area contributed by atoms with E-state index in [0.29, 0.717) is 16.4 Å². The summed E-state index contributed by atoms with van der Waals surface area (Å²) in [7, 11) is 1.58. The Kier molecular flexibility index (Phi) is 3.29. The number of nitrogen functional groups attached to an aromatic ring is 1. The Morgan fingerprint density at radius 2 is 2.35 bits per heavy atom. The van der Waals surface area contributed by atoms with Gasteiger partial charge in [-0.1, -0.05) is 0 Å². The van der Waals surface area contributed by atoms with Crippen LogP contribution in [0.3, 0.4) is 0 Å². The predicted molar refractivity (Wildman–Crippen MR) is 64.8 cm³/mol. The van der Waals surface area contributed by atoms with Crippen LogP contribution in [0.2, 0.25) is 0 Å². The van der Waals surface area contributed by atoms with Crippen LogP contribution >= 0.6 is 11.8 Å². The Morgan fingerprint density at radius 1 is 1.53 bits per heavy atom. The van der Waals surface area contributed by atoms with Gasteiger partial charge in [0.1, 0.15) is 6.33 Å². The molecule has 0 fully saturated rings. The van der Waals surface area contributed by atoms with Crippen LogP contribution in [0.15, 0.2) is 34.6 Å². The van der Waals surface area contributed by atoms with Crippen LogP contribution in [-0.2, 0) is 0 Å². The van der Waals surface area contributed by atoms with Crippen LogP contribution in [0.1, 0.15) is 10.4 Å². The molecule has 1 heterocycles. The minimum absolute atomic E-state index is 0.159. The van der Waals surface area contributed by atoms with Gasteiger partial charge in [-0.3, -0.25) is 9.89 Å². The summed E-state index contributed by atoms with van der Waals surface area (Å²) in [6, 6.07) is 5.14. The topological polar surface area (TPSA) is 96.7 Å². The highest BCUT2D eigenvalue weighted by Gasteiger charge is 2.08. The molecule has 0 aliphatic heterocycles. The van der Waals surface area contributed by atoms with E-state index < -0.39 is 0 Å². The van der Waals surface area contributed by atoms with Gasteiger partial charge >= 0.3 is 0 Å². The third-order valence-electron chi connectivity index (χ3n) is 2.10. The summed E-state index contributed by atoms with van der Waals surface area (Å²) in [5, 5.41) is 9.67. The van der Waals surface area contributed by atoms with Crippen molar-refractivity contribution in [2.24, 2.45) is 0 Å². The van der Waals surface area contributed by atoms with Crippen LogP contribution in [0.5, 0.6) is 0 Å². The van der Waals surface area contributed by atoms with E-state index in [1.165, 1.54) is 18.1 Å². The van der Waals surface area contributed by atoms with E-state index in [1.54, 1.807) is 25.2 Å². The van der Waals surface area contributed by atoms with Gasteiger partial charge in [-0.2, -0.15) is 5.10 Å². The number of amides is 1. The minimum Gasteiger partial charge on any atom is -0.398 e. The van der Waals surface area contributed by atoms with Crippen LogP contribution in [0.4, 0.5) is 5.69 Å². The summed E-state index contributed by atoms with van der Waals surface area (Å²) in [5.41, 5.74) is 6.94. The molecule has 17 heavy (non-hydrogen) atoms. The summed E-state index contributed by atoms with van der Waals surface area (Å²) >= 11 is 1.36. The first-order valence-electron chi connectivity index (χ1n) is 4.85. The van der Waals surface area contributed by atoms with E-state index in [4.69, 9.17) is 5.73 Å². The molecule has 1 aromatic heterocycles. The van der Waals surface area contributed by atoms with E-state index >= 15 is 0 Å². The SMILES string of the molecule is CNC(=O)c1ccc(Sc2ncn[nH]2)c(N)c1. The van der Waals surface area contributed by atoms with Gasteiger partial charge in [0.05, 0.1) is 0 Å². The molecule has 0 bridgehead atoms. The van der Waals surface area contributed by atoms with Crippen molar-refractivity contribution in [3.63, 3.8) is 0 Å². The molecule has 7 heteroatoms. The molecule has 2 rings (SSSR count). The first kappa shape index (κ1) is 11.5. The molecule has 0 aliphatic carbocycles. The predicted octanol–water partition coefficient (Wildman–Crippen LogP) is 0.898. The lowest BCUT2D eigenvalue weighted by atomic mass is 10.2. The standard InChI is InChI=1S/C10H11N5OS/c1-12-9(16)6-2-3-8(7(11)4-6)17-10-13-5-14-15-10/h2-5H,11H2,1H3,(H,12,16)(H,13,14,15). The Morgan fingerprint density at radius 3 is 2.94 bits per heavy atom. The molecule has 6 nitrogen and oxygen atoms in total. The fourth-order valence-electron chi connectivity index (χ4n) is 1.27. The maximum atomic E-state index is 11.4. The van der Waals surface area contributed by atoms with E-state index in [-0.39, 0.29) is 5.91 Å². The second-order valence-electron chi connectivity index (χ2n) is 3.22. The van der Waals surface area contributed by atoms with E-state index in [9.17, 15) is 4.79 Å². The first-order valence-corrected chi connectivity index (χ1v) is 5.67. The molecule has 0 atom stereocenters. The zero-order chi connectivity index (χ0) is 12.3. The summed E-state index contributed by atoms with van der Waals surface area (Å²) in [5.74, 6) is -0.159. The number of H-pyrrole nitrogens is 1. The molecule has 0 aliphatic rings. The van der Waals surface area contributed by atoms with Gasteiger partial charge in [0.25, 0.3) is 5.91 Å². The van der Waals surface area contributed by atoms with E-state index in [2.05, 4.69) is 20.5 Å². The summed E-state index contributed by atoms with van der Waals surface area (Å²) in [6.45, 7) is 0. The average Bonchev–Trinajstić information content (AvgIpc) is 2.83. The van der Waals surface area contributed by atoms with Crippen LogP contribution < -0.4 is 11.1 Å². The summed E-state index contributed by atoms with van der Waals surface area (Å²) in [4.78, 5) is 16.2. The lowest BCUT2D eigenvalue weighted by Crippen LogP contribution is -2.17. The number of hydrogen-bond acceptors (Lipinski definition) is 5. The third kappa shape index (κ3) is 2.56. The maximum Gasteiger partial charge on any atom is 0.251 e. The normalized spacial score (nSPS) is 10.2. The summed E-state index contributed by atoms with van der Waals surface area (Å²) in [6.07, 6.45) is 1.43. The van der Waals surface area contributed by atoms with Gasteiger partial charge in [-0.15, -0.1) is 0 Å². The first-order chi connectivity index (χ1) is 8.20. The maximum absolute atomic E-state index is 11.4. The second-order valence-corrected chi connectivity index (χ2v) is 4.26. The quantitative estimate of drug-likeness (QED) is 0.702. The smallest absolute Gasteiger partial charge is 0.251 e. The molecule has 2 aromatic rings. The Bertz CT molecular complexity index is 525. The van der Waals surface area contributed by atoms with Crippen molar-refractivity contribution in [2.75, 3.05) is 12.8 Å². The molecule has 88 valence electrons. The van der Waals surface area contributed by atoms with Crippen molar-refractivity contribution in [1.29, 1.82) is 0 Å². The molecule has 0 radical (unpaired) electrons. The Balaban J connectivity index is 2.23. The fourth-order valence-corrected chi connectivity index (χ4v) is 1.99. The Hall–Kier alpha value is -2.02. The van der Waals surface area contributed by atoms with Crippen molar-refractivity contribution in [1.82, 2.24) is 20.5 Å². The highest BCUT2D eigenvalue weighted by atomic mass is 32.2. The van der Waals surface area contributed by atoms with Gasteiger partial charge in [-0.25, -0.2) is 4.98 Å². The monoisotopic (exact) mass is 249 g/mol. The minimum atomic E-state index is -0.159. The molecule has 0 saturated heterocycles. The zero-order valence-corrected chi connectivity index (χ0v) is 9.91. The van der Waals surface area contributed by atoms with Gasteiger partial charge in [0.2, 0.25) is 0 Å². The van der Waals surface area contributed by atoms with Crippen molar-refractivity contribution in [2.45, 2.75) is 10.1 Å². The largest absolute Gasteiger partial charge is 0.398 e. The van der Waals surface area contributed by atoms with Crippen LogP contribution in [-0.4, -0.2) is 28.1 Å². The van der Waals surface area contributed by atoms with Gasteiger partial charge in [-0.05, 0) is 30.0 Å². The third-order valence-corrected chi connectivity index (χ3v) is 3.08. The number of carbonyl (C=O) groups excluding carboxylic acids is 1.